The first-order valence-corrected chi connectivity index (χ1v) is 6.14. The zero-order valence-electron chi connectivity index (χ0n) is 11.4. The van der Waals surface area contributed by atoms with Crippen molar-refractivity contribution in [3.05, 3.63) is 23.9 Å². The third-order valence-corrected chi connectivity index (χ3v) is 2.74. The Morgan fingerprint density at radius 1 is 1.28 bits per heavy atom. The van der Waals surface area contributed by atoms with Gasteiger partial charge in [-0.25, -0.2) is 4.98 Å². The van der Waals surface area contributed by atoms with E-state index in [1.807, 2.05) is 19.1 Å². The molecule has 0 radical (unpaired) electrons. The second-order valence-corrected chi connectivity index (χ2v) is 4.18. The van der Waals surface area contributed by atoms with Gasteiger partial charge in [0.25, 0.3) is 0 Å². The van der Waals surface area contributed by atoms with Gasteiger partial charge in [-0.05, 0) is 13.0 Å². The predicted molar refractivity (Wildman–Crippen MR) is 72.8 cm³/mol. The Morgan fingerprint density at radius 2 is 1.89 bits per heavy atom. The number of ether oxygens (including phenoxy) is 2. The molecule has 0 aliphatic rings. The first-order chi connectivity index (χ1) is 8.70. The smallest absolute Gasteiger partial charge is 0.133 e. The fourth-order valence-electron chi connectivity index (χ4n) is 1.76. The molecule has 0 aliphatic heterocycles. The SMILES string of the molecule is COCCN(CCOC)c1ncccc1C(C)N. The molecule has 1 atom stereocenters. The molecule has 5 heteroatoms. The molecule has 0 aromatic carbocycles. The van der Waals surface area contributed by atoms with Crippen LogP contribution in [0.3, 0.4) is 0 Å². The second kappa shape index (κ2) is 8.02. The number of rotatable bonds is 8. The van der Waals surface area contributed by atoms with E-state index in [9.17, 15) is 0 Å². The minimum Gasteiger partial charge on any atom is -0.383 e. The minimum atomic E-state index is -0.0405. The minimum absolute atomic E-state index is 0.0405. The number of nitrogens with two attached hydrogens (primary N) is 1. The van der Waals surface area contributed by atoms with Gasteiger partial charge in [0.15, 0.2) is 0 Å². The van der Waals surface area contributed by atoms with Crippen molar-refractivity contribution in [3.63, 3.8) is 0 Å². The van der Waals surface area contributed by atoms with Crippen LogP contribution in [0.1, 0.15) is 18.5 Å². The van der Waals surface area contributed by atoms with Crippen molar-refractivity contribution in [1.29, 1.82) is 0 Å². The van der Waals surface area contributed by atoms with E-state index < -0.39 is 0 Å². The molecule has 0 saturated carbocycles. The molecule has 5 nitrogen and oxygen atoms in total. The molecular formula is C13H23N3O2. The summed E-state index contributed by atoms with van der Waals surface area (Å²) in [5, 5.41) is 0. The monoisotopic (exact) mass is 253 g/mol. The van der Waals surface area contributed by atoms with E-state index in [1.54, 1.807) is 20.4 Å². The van der Waals surface area contributed by atoms with Gasteiger partial charge < -0.3 is 20.1 Å². The van der Waals surface area contributed by atoms with Crippen molar-refractivity contribution in [2.24, 2.45) is 5.73 Å². The van der Waals surface area contributed by atoms with Crippen LogP contribution in [-0.2, 0) is 9.47 Å². The van der Waals surface area contributed by atoms with Gasteiger partial charge in [-0.2, -0.15) is 0 Å². The van der Waals surface area contributed by atoms with Crippen molar-refractivity contribution in [2.45, 2.75) is 13.0 Å². The van der Waals surface area contributed by atoms with Crippen LogP contribution in [0.2, 0.25) is 0 Å². The molecule has 0 bridgehead atoms. The van der Waals surface area contributed by atoms with Gasteiger partial charge in [0.2, 0.25) is 0 Å². The Bertz CT molecular complexity index is 337. The summed E-state index contributed by atoms with van der Waals surface area (Å²) < 4.78 is 10.3. The van der Waals surface area contributed by atoms with Gasteiger partial charge in [0.1, 0.15) is 5.82 Å². The molecule has 0 amide bonds. The molecule has 0 fully saturated rings. The number of aromatic nitrogens is 1. The molecule has 0 saturated heterocycles. The highest BCUT2D eigenvalue weighted by Crippen LogP contribution is 2.21. The van der Waals surface area contributed by atoms with Crippen LogP contribution in [0.4, 0.5) is 5.82 Å². The third-order valence-electron chi connectivity index (χ3n) is 2.74. The summed E-state index contributed by atoms with van der Waals surface area (Å²) in [6.45, 7) is 4.82. The summed E-state index contributed by atoms with van der Waals surface area (Å²) in [5.41, 5.74) is 7.03. The van der Waals surface area contributed by atoms with Crippen LogP contribution < -0.4 is 10.6 Å². The molecule has 1 aromatic heterocycles. The lowest BCUT2D eigenvalue weighted by molar-refractivity contribution is 0.190. The molecule has 18 heavy (non-hydrogen) atoms. The topological polar surface area (TPSA) is 60.6 Å². The first kappa shape index (κ1) is 14.9. The molecule has 1 unspecified atom stereocenters. The fraction of sp³-hybridized carbons (Fsp3) is 0.615. The summed E-state index contributed by atoms with van der Waals surface area (Å²) in [4.78, 5) is 6.59. The van der Waals surface area contributed by atoms with Crippen LogP contribution in [0.15, 0.2) is 18.3 Å². The average molecular weight is 253 g/mol. The molecule has 1 rings (SSSR count). The van der Waals surface area contributed by atoms with Gasteiger partial charge in [-0.3, -0.25) is 0 Å². The van der Waals surface area contributed by atoms with Gasteiger partial charge in [-0.1, -0.05) is 6.07 Å². The Balaban J connectivity index is 2.88. The van der Waals surface area contributed by atoms with E-state index in [-0.39, 0.29) is 6.04 Å². The van der Waals surface area contributed by atoms with Gasteiger partial charge in [0.05, 0.1) is 13.2 Å². The second-order valence-electron chi connectivity index (χ2n) is 4.18. The van der Waals surface area contributed by atoms with Gasteiger partial charge in [0, 0.05) is 45.1 Å². The lowest BCUT2D eigenvalue weighted by atomic mass is 10.1. The van der Waals surface area contributed by atoms with E-state index in [2.05, 4.69) is 9.88 Å². The maximum absolute atomic E-state index is 5.98. The zero-order chi connectivity index (χ0) is 13.4. The molecular weight excluding hydrogens is 230 g/mol. The van der Waals surface area contributed by atoms with Crippen LogP contribution >= 0.6 is 0 Å². The lowest BCUT2D eigenvalue weighted by Crippen LogP contribution is -2.32. The van der Waals surface area contributed by atoms with E-state index in [0.717, 1.165) is 24.5 Å². The van der Waals surface area contributed by atoms with Crippen LogP contribution in [0.5, 0.6) is 0 Å². The lowest BCUT2D eigenvalue weighted by Gasteiger charge is -2.26. The van der Waals surface area contributed by atoms with Gasteiger partial charge >= 0.3 is 0 Å². The highest BCUT2D eigenvalue weighted by molar-refractivity contribution is 5.48. The number of anilines is 1. The Hall–Kier alpha value is -1.17. The number of pyridine rings is 1. The van der Waals surface area contributed by atoms with Crippen LogP contribution in [0, 0.1) is 0 Å². The summed E-state index contributed by atoms with van der Waals surface area (Å²) in [6.07, 6.45) is 1.79. The van der Waals surface area contributed by atoms with E-state index >= 15 is 0 Å². The third kappa shape index (κ3) is 4.25. The molecule has 102 valence electrons. The maximum Gasteiger partial charge on any atom is 0.133 e. The van der Waals surface area contributed by atoms with Crippen LogP contribution in [-0.4, -0.2) is 45.5 Å². The maximum atomic E-state index is 5.98. The van der Waals surface area contributed by atoms with Gasteiger partial charge in [-0.15, -0.1) is 0 Å². The molecule has 1 aromatic rings. The van der Waals surface area contributed by atoms with Crippen molar-refractivity contribution in [1.82, 2.24) is 4.98 Å². The number of nitrogens with zero attached hydrogens (tertiary/aromatic N) is 2. The fourth-order valence-corrected chi connectivity index (χ4v) is 1.76. The number of hydrogen-bond donors (Lipinski definition) is 1. The Morgan fingerprint density at radius 3 is 2.39 bits per heavy atom. The first-order valence-electron chi connectivity index (χ1n) is 6.14. The molecule has 0 aliphatic carbocycles. The zero-order valence-corrected chi connectivity index (χ0v) is 11.4. The largest absolute Gasteiger partial charge is 0.383 e. The predicted octanol–water partition coefficient (Wildman–Crippen LogP) is 1.20. The van der Waals surface area contributed by atoms with E-state index in [4.69, 9.17) is 15.2 Å². The van der Waals surface area contributed by atoms with Crippen molar-refractivity contribution in [2.75, 3.05) is 45.4 Å². The normalized spacial score (nSPS) is 12.4. The summed E-state index contributed by atoms with van der Waals surface area (Å²) in [5.74, 6) is 0.918. The highest BCUT2D eigenvalue weighted by Gasteiger charge is 2.14. The van der Waals surface area contributed by atoms with E-state index in [0.29, 0.717) is 13.2 Å². The molecule has 0 spiro atoms. The number of methoxy groups -OCH3 is 2. The Kier molecular flexibility index (Phi) is 6.64. The molecule has 2 N–H and O–H groups in total. The standard InChI is InChI=1S/C13H23N3O2/c1-11(14)12-5-4-6-15-13(12)16(7-9-17-2)8-10-18-3/h4-6,11H,7-10,14H2,1-3H3. The van der Waals surface area contributed by atoms with E-state index in [1.165, 1.54) is 0 Å². The summed E-state index contributed by atoms with van der Waals surface area (Å²) in [7, 11) is 3.39. The summed E-state index contributed by atoms with van der Waals surface area (Å²) in [6, 6.07) is 3.88. The van der Waals surface area contributed by atoms with Crippen LogP contribution in [0.25, 0.3) is 0 Å². The van der Waals surface area contributed by atoms with Crippen molar-refractivity contribution in [3.8, 4) is 0 Å². The molecule has 1 heterocycles. The van der Waals surface area contributed by atoms with Crippen molar-refractivity contribution >= 4 is 5.82 Å². The average Bonchev–Trinajstić information content (AvgIpc) is 2.39. The Labute approximate surface area is 109 Å². The summed E-state index contributed by atoms with van der Waals surface area (Å²) >= 11 is 0. The highest BCUT2D eigenvalue weighted by atomic mass is 16.5. The quantitative estimate of drug-likeness (QED) is 0.754. The number of hydrogen-bond acceptors (Lipinski definition) is 5. The van der Waals surface area contributed by atoms with Crippen molar-refractivity contribution < 1.29 is 9.47 Å².